The number of thioether (sulfide) groups is 1. The van der Waals surface area contributed by atoms with E-state index in [2.05, 4.69) is 10.2 Å². The van der Waals surface area contributed by atoms with E-state index in [9.17, 15) is 9.18 Å². The number of rotatable bonds is 7. The number of Topliss-reactive ketones (excluding diaryl/α,β-unsaturated/α-hetero) is 1. The Hall–Kier alpha value is -2.67. The van der Waals surface area contributed by atoms with E-state index in [0.29, 0.717) is 17.2 Å². The van der Waals surface area contributed by atoms with Crippen LogP contribution in [0.4, 0.5) is 4.39 Å². The number of benzene rings is 2. The normalized spacial score (nSPS) is 10.6. The Morgan fingerprint density at radius 2 is 2.04 bits per heavy atom. The number of aryl methyl sites for hydroxylation is 1. The van der Waals surface area contributed by atoms with Crippen LogP contribution in [0.25, 0.3) is 0 Å². The van der Waals surface area contributed by atoms with Gasteiger partial charge in [-0.2, -0.15) is 0 Å². The van der Waals surface area contributed by atoms with Crippen LogP contribution >= 0.6 is 11.8 Å². The van der Waals surface area contributed by atoms with Crippen LogP contribution in [0.2, 0.25) is 0 Å². The Labute approximate surface area is 148 Å². The first-order chi connectivity index (χ1) is 12.1. The molecule has 0 spiro atoms. The molecule has 0 N–H and O–H groups in total. The van der Waals surface area contributed by atoms with Crippen molar-refractivity contribution < 1.29 is 18.3 Å². The summed E-state index contributed by atoms with van der Waals surface area (Å²) in [5, 5.41) is 8.02. The van der Waals surface area contributed by atoms with E-state index >= 15 is 0 Å². The lowest BCUT2D eigenvalue weighted by Crippen LogP contribution is -2.02. The third-order valence-electron chi connectivity index (χ3n) is 3.27. The molecule has 0 aliphatic rings. The first-order valence-corrected chi connectivity index (χ1v) is 8.52. The van der Waals surface area contributed by atoms with Gasteiger partial charge in [0.15, 0.2) is 12.4 Å². The second-order valence-corrected chi connectivity index (χ2v) is 6.22. The quantitative estimate of drug-likeness (QED) is 0.468. The highest BCUT2D eigenvalue weighted by Crippen LogP contribution is 2.19. The van der Waals surface area contributed by atoms with Crippen LogP contribution in [0, 0.1) is 12.7 Å². The van der Waals surface area contributed by atoms with Crippen LogP contribution in [0.1, 0.15) is 21.8 Å². The number of aromatic nitrogens is 2. The van der Waals surface area contributed by atoms with Gasteiger partial charge in [0.05, 0.1) is 5.75 Å². The van der Waals surface area contributed by atoms with E-state index in [0.717, 1.165) is 17.3 Å². The second kappa shape index (κ2) is 7.94. The average Bonchev–Trinajstić information content (AvgIpc) is 3.06. The van der Waals surface area contributed by atoms with Gasteiger partial charge in [0.1, 0.15) is 11.6 Å². The van der Waals surface area contributed by atoms with Gasteiger partial charge in [-0.05, 0) is 36.8 Å². The third kappa shape index (κ3) is 4.90. The average molecular weight is 358 g/mol. The maximum atomic E-state index is 13.1. The van der Waals surface area contributed by atoms with E-state index in [-0.39, 0.29) is 23.4 Å². The first kappa shape index (κ1) is 17.2. The Kier molecular flexibility index (Phi) is 5.45. The minimum absolute atomic E-state index is 0.0871. The number of halogens is 1. The predicted octanol–water partition coefficient (Wildman–Crippen LogP) is 4.07. The van der Waals surface area contributed by atoms with Gasteiger partial charge in [0, 0.05) is 5.56 Å². The zero-order chi connectivity index (χ0) is 17.6. The van der Waals surface area contributed by atoms with E-state index in [4.69, 9.17) is 9.15 Å². The molecule has 2 aromatic carbocycles. The monoisotopic (exact) mass is 358 g/mol. The molecule has 0 aliphatic heterocycles. The molecule has 3 aromatic rings. The maximum Gasteiger partial charge on any atom is 0.277 e. The molecule has 1 aromatic heterocycles. The van der Waals surface area contributed by atoms with Gasteiger partial charge in [-0.15, -0.1) is 10.2 Å². The molecule has 0 unspecified atom stereocenters. The van der Waals surface area contributed by atoms with E-state index in [1.807, 2.05) is 31.2 Å². The summed E-state index contributed by atoms with van der Waals surface area (Å²) in [4.78, 5) is 12.0. The molecule has 3 rings (SSSR count). The van der Waals surface area contributed by atoms with Crippen molar-refractivity contribution in [3.63, 3.8) is 0 Å². The molecule has 0 amide bonds. The number of carbonyl (C=O) groups is 1. The predicted molar refractivity (Wildman–Crippen MR) is 91.3 cm³/mol. The van der Waals surface area contributed by atoms with Crippen LogP contribution in [0.3, 0.4) is 0 Å². The Bertz CT molecular complexity index is 882. The number of nitrogens with zero attached hydrogens (tertiary/aromatic N) is 2. The SMILES string of the molecule is Cc1cccc(OCc2nnc(SCC(=O)c3cccc(F)c3)o2)c1. The third-order valence-corrected chi connectivity index (χ3v) is 4.09. The number of ether oxygens (including phenoxy) is 1. The molecule has 1 heterocycles. The van der Waals surface area contributed by atoms with Crippen molar-refractivity contribution in [1.29, 1.82) is 0 Å². The van der Waals surface area contributed by atoms with Crippen molar-refractivity contribution in [2.75, 3.05) is 5.75 Å². The highest BCUT2D eigenvalue weighted by molar-refractivity contribution is 7.99. The highest BCUT2D eigenvalue weighted by atomic mass is 32.2. The number of ketones is 1. The molecule has 0 saturated carbocycles. The second-order valence-electron chi connectivity index (χ2n) is 5.29. The van der Waals surface area contributed by atoms with Gasteiger partial charge in [-0.25, -0.2) is 4.39 Å². The molecule has 5 nitrogen and oxygen atoms in total. The van der Waals surface area contributed by atoms with Gasteiger partial charge in [-0.1, -0.05) is 36.0 Å². The number of hydrogen-bond donors (Lipinski definition) is 0. The van der Waals surface area contributed by atoms with Gasteiger partial charge in [0.25, 0.3) is 11.1 Å². The molecular weight excluding hydrogens is 343 g/mol. The fraction of sp³-hybridized carbons (Fsp3) is 0.167. The van der Waals surface area contributed by atoms with Crippen molar-refractivity contribution >= 4 is 17.5 Å². The van der Waals surface area contributed by atoms with Crippen LogP contribution < -0.4 is 4.74 Å². The fourth-order valence-corrected chi connectivity index (χ4v) is 2.75. The molecule has 0 radical (unpaired) electrons. The summed E-state index contributed by atoms with van der Waals surface area (Å²) in [7, 11) is 0. The maximum absolute atomic E-state index is 13.1. The zero-order valence-electron chi connectivity index (χ0n) is 13.4. The van der Waals surface area contributed by atoms with E-state index in [1.165, 1.54) is 18.2 Å². The summed E-state index contributed by atoms with van der Waals surface area (Å²) in [6.07, 6.45) is 0. The molecule has 0 bridgehead atoms. The van der Waals surface area contributed by atoms with Crippen molar-refractivity contribution in [2.24, 2.45) is 0 Å². The summed E-state index contributed by atoms with van der Waals surface area (Å²) >= 11 is 1.11. The van der Waals surface area contributed by atoms with Crippen molar-refractivity contribution in [3.8, 4) is 5.75 Å². The summed E-state index contributed by atoms with van der Waals surface area (Å²) in [6, 6.07) is 13.2. The molecule has 0 atom stereocenters. The van der Waals surface area contributed by atoms with Gasteiger partial charge >= 0.3 is 0 Å². The standard InChI is InChI=1S/C18H15FN2O3S/c1-12-4-2-7-15(8-12)23-10-17-20-21-18(24-17)25-11-16(22)13-5-3-6-14(19)9-13/h2-9H,10-11H2,1H3. The largest absolute Gasteiger partial charge is 0.484 e. The minimum atomic E-state index is -0.441. The number of carbonyl (C=O) groups excluding carboxylic acids is 1. The summed E-state index contributed by atoms with van der Waals surface area (Å²) in [5.41, 5.74) is 1.41. The number of hydrogen-bond acceptors (Lipinski definition) is 6. The van der Waals surface area contributed by atoms with Crippen molar-refractivity contribution in [3.05, 3.63) is 71.4 Å². The highest BCUT2D eigenvalue weighted by Gasteiger charge is 2.12. The molecule has 0 saturated heterocycles. The first-order valence-electron chi connectivity index (χ1n) is 7.53. The Morgan fingerprint density at radius 3 is 2.84 bits per heavy atom. The van der Waals surface area contributed by atoms with Crippen LogP contribution in [-0.4, -0.2) is 21.7 Å². The summed E-state index contributed by atoms with van der Waals surface area (Å²) in [5.74, 6) is 0.476. The summed E-state index contributed by atoms with van der Waals surface area (Å²) < 4.78 is 24.1. The topological polar surface area (TPSA) is 65.2 Å². The molecule has 0 fully saturated rings. The molecule has 7 heteroatoms. The lowest BCUT2D eigenvalue weighted by molar-refractivity contribution is 0.102. The van der Waals surface area contributed by atoms with Crippen LogP contribution in [-0.2, 0) is 6.61 Å². The van der Waals surface area contributed by atoms with E-state index < -0.39 is 5.82 Å². The van der Waals surface area contributed by atoms with Gasteiger partial charge < -0.3 is 9.15 Å². The Morgan fingerprint density at radius 1 is 1.20 bits per heavy atom. The van der Waals surface area contributed by atoms with E-state index in [1.54, 1.807) is 6.07 Å². The lowest BCUT2D eigenvalue weighted by Gasteiger charge is -2.03. The lowest BCUT2D eigenvalue weighted by atomic mass is 10.1. The zero-order valence-corrected chi connectivity index (χ0v) is 14.3. The van der Waals surface area contributed by atoms with Crippen molar-refractivity contribution in [2.45, 2.75) is 18.8 Å². The van der Waals surface area contributed by atoms with Gasteiger partial charge in [-0.3, -0.25) is 4.79 Å². The van der Waals surface area contributed by atoms with Crippen molar-refractivity contribution in [1.82, 2.24) is 10.2 Å². The Balaban J connectivity index is 1.52. The molecular formula is C18H15FN2O3S. The molecule has 0 aliphatic carbocycles. The smallest absolute Gasteiger partial charge is 0.277 e. The van der Waals surface area contributed by atoms with Gasteiger partial charge in [0.2, 0.25) is 0 Å². The molecule has 128 valence electrons. The van der Waals surface area contributed by atoms with Crippen LogP contribution in [0.15, 0.2) is 58.2 Å². The van der Waals surface area contributed by atoms with Crippen LogP contribution in [0.5, 0.6) is 5.75 Å². The summed E-state index contributed by atoms with van der Waals surface area (Å²) in [6.45, 7) is 2.12. The molecule has 25 heavy (non-hydrogen) atoms. The minimum Gasteiger partial charge on any atom is -0.484 e. The fourth-order valence-electron chi connectivity index (χ4n) is 2.08.